The summed E-state index contributed by atoms with van der Waals surface area (Å²) in [6, 6.07) is 13.1. The lowest BCUT2D eigenvalue weighted by molar-refractivity contribution is -0.384. The molecule has 2 rings (SSSR count). The van der Waals surface area contributed by atoms with E-state index in [0.717, 1.165) is 22.1 Å². The average molecular weight is 335 g/mol. The van der Waals surface area contributed by atoms with Crippen LogP contribution in [0.15, 0.2) is 46.9 Å². The third-order valence-electron chi connectivity index (χ3n) is 3.09. The number of rotatable bonds is 5. The molecule has 1 N–H and O–H groups in total. The molecule has 4 nitrogen and oxygen atoms in total. The molecule has 0 heterocycles. The van der Waals surface area contributed by atoms with Crippen molar-refractivity contribution in [1.29, 1.82) is 0 Å². The normalized spacial score (nSPS) is 10.3. The van der Waals surface area contributed by atoms with Gasteiger partial charge in [-0.3, -0.25) is 10.1 Å². The average Bonchev–Trinajstić information content (AvgIpc) is 2.46. The molecule has 2 aromatic rings. The Hall–Kier alpha value is -1.88. The van der Waals surface area contributed by atoms with E-state index in [1.165, 1.54) is 17.7 Å². The van der Waals surface area contributed by atoms with Gasteiger partial charge in [0.25, 0.3) is 5.69 Å². The van der Waals surface area contributed by atoms with Crippen LogP contribution in [-0.4, -0.2) is 4.92 Å². The zero-order valence-corrected chi connectivity index (χ0v) is 12.7. The maximum absolute atomic E-state index is 10.7. The molecule has 0 amide bonds. The molecule has 0 saturated carbocycles. The highest BCUT2D eigenvalue weighted by Crippen LogP contribution is 2.24. The number of nitrogens with one attached hydrogen (secondary N) is 1. The molecule has 0 aromatic heterocycles. The first-order valence-electron chi connectivity index (χ1n) is 6.35. The summed E-state index contributed by atoms with van der Waals surface area (Å²) in [6.07, 6.45) is 1.02. The summed E-state index contributed by atoms with van der Waals surface area (Å²) >= 11 is 3.37. The molecule has 0 fully saturated rings. The molecule has 104 valence electrons. The smallest absolute Gasteiger partial charge is 0.270 e. The molecule has 0 bridgehead atoms. The molecule has 0 aliphatic heterocycles. The number of nitrogens with zero attached hydrogens (tertiary/aromatic N) is 1. The van der Waals surface area contributed by atoms with E-state index in [2.05, 4.69) is 40.3 Å². The quantitative estimate of drug-likeness (QED) is 0.645. The summed E-state index contributed by atoms with van der Waals surface area (Å²) in [4.78, 5) is 10.3. The van der Waals surface area contributed by atoms with E-state index in [-0.39, 0.29) is 5.69 Å². The molecule has 0 aliphatic carbocycles. The highest BCUT2D eigenvalue weighted by atomic mass is 79.9. The van der Waals surface area contributed by atoms with E-state index in [0.29, 0.717) is 6.54 Å². The highest BCUT2D eigenvalue weighted by molar-refractivity contribution is 9.10. The summed E-state index contributed by atoms with van der Waals surface area (Å²) < 4.78 is 0.740. The molecule has 0 radical (unpaired) electrons. The lowest BCUT2D eigenvalue weighted by atomic mass is 10.1. The van der Waals surface area contributed by atoms with Gasteiger partial charge in [-0.1, -0.05) is 35.0 Å². The van der Waals surface area contributed by atoms with Crippen molar-refractivity contribution in [1.82, 2.24) is 0 Å². The Morgan fingerprint density at radius 1 is 1.20 bits per heavy atom. The van der Waals surface area contributed by atoms with Crippen molar-refractivity contribution in [2.24, 2.45) is 0 Å². The van der Waals surface area contributed by atoms with E-state index >= 15 is 0 Å². The van der Waals surface area contributed by atoms with Crippen molar-refractivity contribution in [2.75, 3.05) is 5.32 Å². The number of anilines is 1. The molecule has 0 saturated heterocycles. The van der Waals surface area contributed by atoms with Gasteiger partial charge in [-0.2, -0.15) is 0 Å². The van der Waals surface area contributed by atoms with E-state index in [1.54, 1.807) is 6.07 Å². The Labute approximate surface area is 126 Å². The van der Waals surface area contributed by atoms with Crippen LogP contribution in [0.4, 0.5) is 11.4 Å². The predicted octanol–water partition coefficient (Wildman–Crippen LogP) is 4.53. The second-order valence-electron chi connectivity index (χ2n) is 4.44. The Bertz CT molecular complexity index is 612. The van der Waals surface area contributed by atoms with Crippen LogP contribution in [0.1, 0.15) is 18.1 Å². The van der Waals surface area contributed by atoms with Gasteiger partial charge in [-0.05, 0) is 35.7 Å². The fourth-order valence-electron chi connectivity index (χ4n) is 1.85. The maximum atomic E-state index is 10.7. The molecular formula is C15H15BrN2O2. The summed E-state index contributed by atoms with van der Waals surface area (Å²) in [7, 11) is 0. The third kappa shape index (κ3) is 3.57. The number of hydrogen-bond donors (Lipinski definition) is 1. The first kappa shape index (κ1) is 14.5. The second kappa shape index (κ2) is 6.52. The molecular weight excluding hydrogens is 320 g/mol. The summed E-state index contributed by atoms with van der Waals surface area (Å²) in [5.74, 6) is 0. The topological polar surface area (TPSA) is 55.2 Å². The van der Waals surface area contributed by atoms with Crippen molar-refractivity contribution in [3.05, 3.63) is 68.2 Å². The van der Waals surface area contributed by atoms with Gasteiger partial charge < -0.3 is 5.32 Å². The van der Waals surface area contributed by atoms with Crippen LogP contribution < -0.4 is 5.32 Å². The van der Waals surface area contributed by atoms with Crippen LogP contribution in [0.2, 0.25) is 0 Å². The van der Waals surface area contributed by atoms with E-state index in [4.69, 9.17) is 0 Å². The van der Waals surface area contributed by atoms with Gasteiger partial charge in [-0.25, -0.2) is 0 Å². The summed E-state index contributed by atoms with van der Waals surface area (Å²) in [5, 5.41) is 14.0. The maximum Gasteiger partial charge on any atom is 0.270 e. The van der Waals surface area contributed by atoms with Crippen molar-refractivity contribution in [2.45, 2.75) is 19.9 Å². The molecule has 0 spiro atoms. The highest BCUT2D eigenvalue weighted by Gasteiger charge is 2.08. The fourth-order valence-corrected chi connectivity index (χ4v) is 2.36. The lowest BCUT2D eigenvalue weighted by Gasteiger charge is -2.09. The summed E-state index contributed by atoms with van der Waals surface area (Å²) in [6.45, 7) is 2.74. The number of nitro groups is 1. The minimum Gasteiger partial charge on any atom is -0.381 e. The Morgan fingerprint density at radius 3 is 2.45 bits per heavy atom. The Kier molecular flexibility index (Phi) is 4.74. The standard InChI is InChI=1S/C15H15BrN2O2/c1-2-11-3-6-13(7-4-11)17-10-12-5-8-14(18(19)20)9-15(12)16/h3-9,17H,2,10H2,1H3. The second-order valence-corrected chi connectivity index (χ2v) is 5.29. The van der Waals surface area contributed by atoms with Gasteiger partial charge in [0.05, 0.1) is 4.92 Å². The Morgan fingerprint density at radius 2 is 1.90 bits per heavy atom. The zero-order chi connectivity index (χ0) is 14.5. The largest absolute Gasteiger partial charge is 0.381 e. The number of halogens is 1. The van der Waals surface area contributed by atoms with E-state index in [9.17, 15) is 10.1 Å². The van der Waals surface area contributed by atoms with Crippen molar-refractivity contribution in [3.63, 3.8) is 0 Å². The van der Waals surface area contributed by atoms with E-state index in [1.807, 2.05) is 12.1 Å². The number of benzene rings is 2. The minimum atomic E-state index is -0.397. The fraction of sp³-hybridized carbons (Fsp3) is 0.200. The van der Waals surface area contributed by atoms with Gasteiger partial charge in [0.2, 0.25) is 0 Å². The van der Waals surface area contributed by atoms with Crippen molar-refractivity contribution in [3.8, 4) is 0 Å². The van der Waals surface area contributed by atoms with Gasteiger partial charge in [0.15, 0.2) is 0 Å². The monoisotopic (exact) mass is 334 g/mol. The number of non-ortho nitro benzene ring substituents is 1. The van der Waals surface area contributed by atoms with Gasteiger partial charge in [0, 0.05) is 28.8 Å². The number of hydrogen-bond acceptors (Lipinski definition) is 3. The molecule has 0 aliphatic rings. The third-order valence-corrected chi connectivity index (χ3v) is 3.83. The number of nitro benzene ring substituents is 1. The van der Waals surface area contributed by atoms with Crippen LogP contribution in [0.5, 0.6) is 0 Å². The van der Waals surface area contributed by atoms with Crippen LogP contribution in [0.3, 0.4) is 0 Å². The molecule has 0 atom stereocenters. The first-order chi connectivity index (χ1) is 9.60. The van der Waals surface area contributed by atoms with Gasteiger partial charge in [-0.15, -0.1) is 0 Å². The molecule has 20 heavy (non-hydrogen) atoms. The van der Waals surface area contributed by atoms with E-state index < -0.39 is 4.92 Å². The lowest BCUT2D eigenvalue weighted by Crippen LogP contribution is -2.01. The minimum absolute atomic E-state index is 0.0907. The SMILES string of the molecule is CCc1ccc(NCc2ccc([N+](=O)[O-])cc2Br)cc1. The molecule has 0 unspecified atom stereocenters. The zero-order valence-electron chi connectivity index (χ0n) is 11.1. The van der Waals surface area contributed by atoms with Crippen LogP contribution >= 0.6 is 15.9 Å². The van der Waals surface area contributed by atoms with Crippen molar-refractivity contribution < 1.29 is 4.92 Å². The molecule has 2 aromatic carbocycles. The number of aryl methyl sites for hydroxylation is 1. The summed E-state index contributed by atoms with van der Waals surface area (Å²) in [5.41, 5.74) is 3.41. The molecule has 5 heteroatoms. The van der Waals surface area contributed by atoms with Crippen molar-refractivity contribution >= 4 is 27.3 Å². The Balaban J connectivity index is 2.04. The van der Waals surface area contributed by atoms with Gasteiger partial charge in [0.1, 0.15) is 0 Å². The predicted molar refractivity (Wildman–Crippen MR) is 83.9 cm³/mol. The van der Waals surface area contributed by atoms with Gasteiger partial charge >= 0.3 is 0 Å². The first-order valence-corrected chi connectivity index (χ1v) is 7.15. The van der Waals surface area contributed by atoms with Crippen LogP contribution in [0.25, 0.3) is 0 Å². The van der Waals surface area contributed by atoms with Crippen LogP contribution in [0, 0.1) is 10.1 Å². The van der Waals surface area contributed by atoms with Crippen LogP contribution in [-0.2, 0) is 13.0 Å².